The van der Waals surface area contributed by atoms with Crippen LogP contribution in [0.4, 0.5) is 17.1 Å². The van der Waals surface area contributed by atoms with E-state index >= 15 is 0 Å². The molecule has 0 radical (unpaired) electrons. The summed E-state index contributed by atoms with van der Waals surface area (Å²) in [5, 5.41) is 17.8. The van der Waals surface area contributed by atoms with Gasteiger partial charge in [0.2, 0.25) is 0 Å². The van der Waals surface area contributed by atoms with Crippen LogP contribution in [0, 0.1) is 10.1 Å². The van der Waals surface area contributed by atoms with E-state index in [2.05, 4.69) is 17.6 Å². The number of hydrogen-bond acceptors (Lipinski definition) is 5. The minimum Gasteiger partial charge on any atom is -0.379 e. The zero-order valence-corrected chi connectivity index (χ0v) is 13.5. The molecule has 2 N–H and O–H groups in total. The van der Waals surface area contributed by atoms with Crippen LogP contribution in [-0.2, 0) is 0 Å². The molecule has 0 bridgehead atoms. The fourth-order valence-corrected chi connectivity index (χ4v) is 3.79. The molecule has 5 nitrogen and oxygen atoms in total. The van der Waals surface area contributed by atoms with Crippen LogP contribution in [0.1, 0.15) is 33.1 Å². The average molecular weight is 309 g/mol. The molecule has 116 valence electrons. The predicted octanol–water partition coefficient (Wildman–Crippen LogP) is 4.11. The second kappa shape index (κ2) is 7.02. The highest BCUT2D eigenvalue weighted by Gasteiger charge is 2.30. The van der Waals surface area contributed by atoms with Crippen molar-refractivity contribution in [2.45, 2.75) is 37.9 Å². The molecule has 1 saturated heterocycles. The number of nitrogens with zero attached hydrogens (tertiary/aromatic N) is 1. The van der Waals surface area contributed by atoms with E-state index in [-0.39, 0.29) is 15.4 Å². The average Bonchev–Trinajstić information content (AvgIpc) is 2.90. The van der Waals surface area contributed by atoms with Gasteiger partial charge in [0.15, 0.2) is 0 Å². The van der Waals surface area contributed by atoms with Crippen LogP contribution < -0.4 is 10.6 Å². The Bertz CT molecular complexity index is 502. The summed E-state index contributed by atoms with van der Waals surface area (Å²) in [5.41, 5.74) is 1.35. The summed E-state index contributed by atoms with van der Waals surface area (Å²) < 4.78 is 0.181. The van der Waals surface area contributed by atoms with Gasteiger partial charge in [-0.15, -0.1) is 0 Å². The lowest BCUT2D eigenvalue weighted by Gasteiger charge is -2.23. The Morgan fingerprint density at radius 2 is 2.10 bits per heavy atom. The summed E-state index contributed by atoms with van der Waals surface area (Å²) in [6.45, 7) is 5.76. The van der Waals surface area contributed by atoms with Gasteiger partial charge in [0.25, 0.3) is 0 Å². The quantitative estimate of drug-likeness (QED) is 0.586. The van der Waals surface area contributed by atoms with Crippen molar-refractivity contribution in [3.63, 3.8) is 0 Å². The lowest BCUT2D eigenvalue weighted by molar-refractivity contribution is -0.383. The van der Waals surface area contributed by atoms with Gasteiger partial charge >= 0.3 is 5.69 Å². The number of nitrogens with one attached hydrogen (secondary N) is 2. The van der Waals surface area contributed by atoms with Gasteiger partial charge in [-0.05, 0) is 44.1 Å². The Morgan fingerprint density at radius 1 is 1.38 bits per heavy atom. The standard InChI is InChI=1S/C15H23N3O2S/c1-3-9-16-12-6-4-7-13(14(12)18(19)20)17-11-15(2)8-5-10-21-15/h4,6-7,16-17H,3,5,8-11H2,1-2H3. The van der Waals surface area contributed by atoms with E-state index in [1.54, 1.807) is 12.1 Å². The maximum absolute atomic E-state index is 11.4. The van der Waals surface area contributed by atoms with E-state index in [0.29, 0.717) is 11.4 Å². The summed E-state index contributed by atoms with van der Waals surface area (Å²) in [5.74, 6) is 1.18. The van der Waals surface area contributed by atoms with E-state index in [1.165, 1.54) is 12.2 Å². The first-order chi connectivity index (χ1) is 10.1. The fraction of sp³-hybridized carbons (Fsp3) is 0.600. The first-order valence-electron chi connectivity index (χ1n) is 7.45. The number of hydrogen-bond donors (Lipinski definition) is 2. The molecule has 1 aromatic carbocycles. The van der Waals surface area contributed by atoms with Crippen molar-refractivity contribution in [1.82, 2.24) is 0 Å². The van der Waals surface area contributed by atoms with E-state index < -0.39 is 0 Å². The van der Waals surface area contributed by atoms with Crippen LogP contribution in [0.3, 0.4) is 0 Å². The van der Waals surface area contributed by atoms with Crippen molar-refractivity contribution >= 4 is 28.8 Å². The van der Waals surface area contributed by atoms with Gasteiger partial charge in [0, 0.05) is 17.8 Å². The van der Waals surface area contributed by atoms with Crippen LogP contribution in [0.5, 0.6) is 0 Å². The highest BCUT2D eigenvalue weighted by Crippen LogP contribution is 2.39. The monoisotopic (exact) mass is 309 g/mol. The summed E-state index contributed by atoms with van der Waals surface area (Å²) >= 11 is 1.95. The van der Waals surface area contributed by atoms with E-state index in [4.69, 9.17) is 0 Å². The summed E-state index contributed by atoms with van der Waals surface area (Å²) in [6, 6.07) is 5.42. The highest BCUT2D eigenvalue weighted by atomic mass is 32.2. The molecule has 0 amide bonds. The lowest BCUT2D eigenvalue weighted by atomic mass is 10.1. The smallest absolute Gasteiger partial charge is 0.315 e. The number of rotatable bonds is 7. The van der Waals surface area contributed by atoms with E-state index in [0.717, 1.165) is 25.9 Å². The molecule has 1 unspecified atom stereocenters. The Hall–Kier alpha value is -1.43. The van der Waals surface area contributed by atoms with E-state index in [9.17, 15) is 10.1 Å². The van der Waals surface area contributed by atoms with Gasteiger partial charge in [-0.3, -0.25) is 10.1 Å². The first kappa shape index (κ1) is 15.9. The highest BCUT2D eigenvalue weighted by molar-refractivity contribution is 8.00. The zero-order chi connectivity index (χ0) is 15.3. The van der Waals surface area contributed by atoms with Gasteiger partial charge in [-0.2, -0.15) is 11.8 Å². The molecule has 2 rings (SSSR count). The third kappa shape index (κ3) is 4.03. The number of thioether (sulfide) groups is 1. The summed E-state index contributed by atoms with van der Waals surface area (Å²) in [7, 11) is 0. The predicted molar refractivity (Wildman–Crippen MR) is 90.5 cm³/mol. The number of benzene rings is 1. The SMILES string of the molecule is CCCNc1cccc(NCC2(C)CCCS2)c1[N+](=O)[O-]. The Morgan fingerprint density at radius 3 is 2.67 bits per heavy atom. The minimum atomic E-state index is -0.301. The van der Waals surface area contributed by atoms with Gasteiger partial charge < -0.3 is 10.6 Å². The molecule has 1 atom stereocenters. The van der Waals surface area contributed by atoms with Crippen LogP contribution in [0.2, 0.25) is 0 Å². The van der Waals surface area contributed by atoms with Crippen molar-refractivity contribution in [1.29, 1.82) is 0 Å². The molecular formula is C15H23N3O2S. The van der Waals surface area contributed by atoms with Gasteiger partial charge in [0.05, 0.1) is 4.92 Å². The Kier molecular flexibility index (Phi) is 5.33. The normalized spacial score (nSPS) is 21.2. The van der Waals surface area contributed by atoms with Crippen molar-refractivity contribution in [2.75, 3.05) is 29.5 Å². The molecule has 21 heavy (non-hydrogen) atoms. The molecule has 1 aromatic rings. The van der Waals surface area contributed by atoms with Crippen LogP contribution in [0.15, 0.2) is 18.2 Å². The van der Waals surface area contributed by atoms with Crippen LogP contribution in [0.25, 0.3) is 0 Å². The number of anilines is 2. The molecular weight excluding hydrogens is 286 g/mol. The molecule has 0 aromatic heterocycles. The number of nitro groups is 1. The van der Waals surface area contributed by atoms with Crippen molar-refractivity contribution in [3.05, 3.63) is 28.3 Å². The number of nitro benzene ring substituents is 1. The van der Waals surface area contributed by atoms with Gasteiger partial charge in [0.1, 0.15) is 11.4 Å². The molecule has 6 heteroatoms. The molecule has 0 saturated carbocycles. The summed E-state index contributed by atoms with van der Waals surface area (Å²) in [6.07, 6.45) is 3.32. The minimum absolute atomic E-state index is 0.151. The molecule has 0 spiro atoms. The Balaban J connectivity index is 2.15. The van der Waals surface area contributed by atoms with Crippen LogP contribution in [-0.4, -0.2) is 28.5 Å². The summed E-state index contributed by atoms with van der Waals surface area (Å²) in [4.78, 5) is 11.1. The largest absolute Gasteiger partial charge is 0.379 e. The first-order valence-corrected chi connectivity index (χ1v) is 8.43. The Labute approximate surface area is 130 Å². The molecule has 1 aliphatic rings. The third-order valence-corrected chi connectivity index (χ3v) is 5.28. The lowest BCUT2D eigenvalue weighted by Crippen LogP contribution is -2.27. The topological polar surface area (TPSA) is 67.2 Å². The molecule has 1 fully saturated rings. The maximum Gasteiger partial charge on any atom is 0.315 e. The molecule has 1 heterocycles. The van der Waals surface area contributed by atoms with Crippen molar-refractivity contribution < 1.29 is 4.92 Å². The second-order valence-electron chi connectivity index (χ2n) is 5.64. The molecule has 1 aliphatic heterocycles. The number of para-hydroxylation sites is 1. The van der Waals surface area contributed by atoms with Crippen molar-refractivity contribution in [3.8, 4) is 0 Å². The maximum atomic E-state index is 11.4. The van der Waals surface area contributed by atoms with Crippen molar-refractivity contribution in [2.24, 2.45) is 0 Å². The van der Waals surface area contributed by atoms with E-state index in [1.807, 2.05) is 24.8 Å². The van der Waals surface area contributed by atoms with Gasteiger partial charge in [-0.25, -0.2) is 0 Å². The third-order valence-electron chi connectivity index (χ3n) is 3.74. The molecule has 0 aliphatic carbocycles. The zero-order valence-electron chi connectivity index (χ0n) is 12.6. The fourth-order valence-electron chi connectivity index (χ4n) is 2.54. The van der Waals surface area contributed by atoms with Crippen LogP contribution >= 0.6 is 11.8 Å². The van der Waals surface area contributed by atoms with Gasteiger partial charge in [-0.1, -0.05) is 13.0 Å². The second-order valence-corrected chi connectivity index (χ2v) is 7.32.